The molecule has 2 aliphatic rings. The highest BCUT2D eigenvalue weighted by atomic mass is 35.5. The van der Waals surface area contributed by atoms with Crippen LogP contribution in [-0.4, -0.2) is 39.4 Å². The number of benzene rings is 1. The van der Waals surface area contributed by atoms with Crippen molar-refractivity contribution in [2.75, 3.05) is 13.1 Å². The molecule has 9 heteroatoms. The van der Waals surface area contributed by atoms with E-state index in [0.717, 1.165) is 63.1 Å². The number of hydrogen-bond donors (Lipinski definition) is 1. The maximum Gasteiger partial charge on any atom is 0.235 e. The van der Waals surface area contributed by atoms with Gasteiger partial charge >= 0.3 is 0 Å². The Morgan fingerprint density at radius 3 is 2.69 bits per heavy atom. The molecule has 200 valence electrons. The maximum absolute atomic E-state index is 13.0. The number of amides is 2. The van der Waals surface area contributed by atoms with Crippen LogP contribution in [0.2, 0.25) is 5.02 Å². The summed E-state index contributed by atoms with van der Waals surface area (Å²) in [6.45, 7) is 6.35. The standard InChI is InChI=1S/C30H30ClN5O2S/c1-29(2)6-3-25(37)36(28(29)38)16-21-15-24-27(39-21)22(4-9-34-24)23-14-20(31)13-19-5-12-35(26(19)23)18-30(17-32)7-10-33-11-8-30/h4-5,9,12-15,33H,3,6-8,10-11,16,18H2,1-2H3. The summed E-state index contributed by atoms with van der Waals surface area (Å²) in [6.07, 6.45) is 6.42. The number of aromatic nitrogens is 2. The van der Waals surface area contributed by atoms with E-state index in [9.17, 15) is 14.9 Å². The van der Waals surface area contributed by atoms with Gasteiger partial charge in [-0.3, -0.25) is 19.5 Å². The zero-order chi connectivity index (χ0) is 27.4. The third kappa shape index (κ3) is 4.63. The normalized spacial score (nSPS) is 19.1. The molecule has 39 heavy (non-hydrogen) atoms. The van der Waals surface area contributed by atoms with Gasteiger partial charge in [-0.05, 0) is 62.7 Å². The van der Waals surface area contributed by atoms with Gasteiger partial charge in [0.15, 0.2) is 0 Å². The van der Waals surface area contributed by atoms with E-state index in [1.807, 2.05) is 38.1 Å². The van der Waals surface area contributed by atoms with Crippen molar-refractivity contribution in [1.82, 2.24) is 19.8 Å². The van der Waals surface area contributed by atoms with E-state index in [0.29, 0.717) is 24.4 Å². The number of halogens is 1. The fourth-order valence-electron chi connectivity index (χ4n) is 5.92. The summed E-state index contributed by atoms with van der Waals surface area (Å²) in [6, 6.07) is 12.6. The van der Waals surface area contributed by atoms with Crippen molar-refractivity contribution in [3.63, 3.8) is 0 Å². The Morgan fingerprint density at radius 1 is 1.13 bits per heavy atom. The van der Waals surface area contributed by atoms with Crippen molar-refractivity contribution in [2.24, 2.45) is 10.8 Å². The first-order valence-corrected chi connectivity index (χ1v) is 14.5. The summed E-state index contributed by atoms with van der Waals surface area (Å²) in [5.74, 6) is -0.244. The van der Waals surface area contributed by atoms with E-state index in [1.165, 1.54) is 4.90 Å². The molecule has 2 fully saturated rings. The molecule has 0 unspecified atom stereocenters. The second kappa shape index (κ2) is 9.74. The number of nitrogens with one attached hydrogen (secondary N) is 1. The van der Waals surface area contributed by atoms with Crippen molar-refractivity contribution in [1.29, 1.82) is 5.26 Å². The van der Waals surface area contributed by atoms with E-state index in [2.05, 4.69) is 33.2 Å². The Balaban J connectivity index is 1.43. The zero-order valence-electron chi connectivity index (χ0n) is 22.1. The third-order valence-electron chi connectivity index (χ3n) is 8.25. The molecule has 0 atom stereocenters. The Hall–Kier alpha value is -3.25. The molecule has 0 bridgehead atoms. The smallest absolute Gasteiger partial charge is 0.235 e. The Bertz CT molecular complexity index is 1660. The highest BCUT2D eigenvalue weighted by Crippen LogP contribution is 2.41. The lowest BCUT2D eigenvalue weighted by Gasteiger charge is -2.35. The average molecular weight is 560 g/mol. The second-order valence-corrected chi connectivity index (χ2v) is 13.0. The summed E-state index contributed by atoms with van der Waals surface area (Å²) in [7, 11) is 0. The van der Waals surface area contributed by atoms with Gasteiger partial charge in [0.25, 0.3) is 0 Å². The van der Waals surface area contributed by atoms with Crippen LogP contribution in [-0.2, 0) is 22.7 Å². The SMILES string of the molecule is CC1(C)CCC(=O)N(Cc2cc3nccc(-c4cc(Cl)cc5ccn(CC6(C#N)CCNCC6)c45)c3s2)C1=O. The number of carbonyl (C=O) groups is 2. The highest BCUT2D eigenvalue weighted by Gasteiger charge is 2.40. The predicted molar refractivity (Wildman–Crippen MR) is 154 cm³/mol. The van der Waals surface area contributed by atoms with Crippen LogP contribution in [0.1, 0.15) is 44.4 Å². The van der Waals surface area contributed by atoms with Gasteiger partial charge in [-0.1, -0.05) is 25.4 Å². The number of rotatable bonds is 5. The summed E-state index contributed by atoms with van der Waals surface area (Å²) >= 11 is 8.17. The molecule has 7 nitrogen and oxygen atoms in total. The van der Waals surface area contributed by atoms with E-state index in [-0.39, 0.29) is 18.4 Å². The quantitative estimate of drug-likeness (QED) is 0.297. The fraction of sp³-hybridized carbons (Fsp3) is 0.400. The second-order valence-electron chi connectivity index (χ2n) is 11.4. The van der Waals surface area contributed by atoms with Gasteiger partial charge in [0.1, 0.15) is 0 Å². The van der Waals surface area contributed by atoms with E-state index in [1.54, 1.807) is 17.5 Å². The summed E-state index contributed by atoms with van der Waals surface area (Å²) in [4.78, 5) is 32.6. The molecule has 1 aromatic carbocycles. The maximum atomic E-state index is 13.0. The largest absolute Gasteiger partial charge is 0.345 e. The van der Waals surface area contributed by atoms with Crippen LogP contribution in [0, 0.1) is 22.2 Å². The van der Waals surface area contributed by atoms with Crippen molar-refractivity contribution in [2.45, 2.75) is 52.6 Å². The Morgan fingerprint density at radius 2 is 1.92 bits per heavy atom. The number of nitriles is 1. The first-order chi connectivity index (χ1) is 18.7. The molecular formula is C30H30ClN5O2S. The molecule has 4 aromatic rings. The van der Waals surface area contributed by atoms with Crippen LogP contribution in [0.25, 0.3) is 32.2 Å². The topological polar surface area (TPSA) is 91.0 Å². The van der Waals surface area contributed by atoms with Crippen molar-refractivity contribution in [3.8, 4) is 17.2 Å². The van der Waals surface area contributed by atoms with E-state index >= 15 is 0 Å². The minimum atomic E-state index is -0.541. The molecule has 2 aliphatic heterocycles. The summed E-state index contributed by atoms with van der Waals surface area (Å²) in [5, 5.41) is 15.1. The molecule has 0 spiro atoms. The van der Waals surface area contributed by atoms with Crippen LogP contribution < -0.4 is 5.32 Å². The fourth-order valence-corrected chi connectivity index (χ4v) is 7.28. The molecule has 0 aliphatic carbocycles. The van der Waals surface area contributed by atoms with Crippen molar-refractivity contribution < 1.29 is 9.59 Å². The van der Waals surface area contributed by atoms with Gasteiger partial charge < -0.3 is 9.88 Å². The number of thiophene rings is 1. The van der Waals surface area contributed by atoms with Crippen LogP contribution in [0.3, 0.4) is 0 Å². The summed E-state index contributed by atoms with van der Waals surface area (Å²) < 4.78 is 3.18. The third-order valence-corrected chi connectivity index (χ3v) is 9.61. The van der Waals surface area contributed by atoms with Gasteiger partial charge in [-0.25, -0.2) is 0 Å². The molecule has 6 rings (SSSR count). The molecule has 0 saturated carbocycles. The zero-order valence-corrected chi connectivity index (χ0v) is 23.7. The van der Waals surface area contributed by atoms with Gasteiger partial charge in [-0.2, -0.15) is 5.26 Å². The number of imide groups is 1. The van der Waals surface area contributed by atoms with Gasteiger partial charge in [0.05, 0.1) is 33.8 Å². The number of fused-ring (bicyclic) bond motifs is 2. The van der Waals surface area contributed by atoms with Crippen LogP contribution >= 0.6 is 22.9 Å². The lowest BCUT2D eigenvalue weighted by Crippen LogP contribution is -2.48. The van der Waals surface area contributed by atoms with Crippen LogP contribution in [0.4, 0.5) is 0 Å². The molecule has 2 saturated heterocycles. The Kier molecular flexibility index (Phi) is 6.49. The Labute approximate surface area is 236 Å². The molecule has 3 aromatic heterocycles. The van der Waals surface area contributed by atoms with Crippen LogP contribution in [0.15, 0.2) is 42.7 Å². The number of hydrogen-bond acceptors (Lipinski definition) is 6. The van der Waals surface area contributed by atoms with Gasteiger partial charge in [0.2, 0.25) is 11.8 Å². The number of piperidine rings is 2. The first-order valence-electron chi connectivity index (χ1n) is 13.3. The highest BCUT2D eigenvalue weighted by molar-refractivity contribution is 7.19. The molecule has 5 heterocycles. The minimum absolute atomic E-state index is 0.122. The number of pyridine rings is 1. The first kappa shape index (κ1) is 26.0. The number of likely N-dealkylation sites (tertiary alicyclic amines) is 1. The average Bonchev–Trinajstić information content (AvgIpc) is 3.52. The molecule has 1 N–H and O–H groups in total. The predicted octanol–water partition coefficient (Wildman–Crippen LogP) is 6.14. The summed E-state index contributed by atoms with van der Waals surface area (Å²) in [5.41, 5.74) is 2.88. The molecular weight excluding hydrogens is 530 g/mol. The number of nitrogens with zero attached hydrogens (tertiary/aromatic N) is 4. The van der Waals surface area contributed by atoms with Gasteiger partial charge in [0, 0.05) is 57.2 Å². The molecule has 0 radical (unpaired) electrons. The lowest BCUT2D eigenvalue weighted by atomic mass is 9.80. The number of carbonyl (C=O) groups excluding carboxylic acids is 2. The van der Waals surface area contributed by atoms with Gasteiger partial charge in [-0.15, -0.1) is 11.3 Å². The van der Waals surface area contributed by atoms with Crippen molar-refractivity contribution in [3.05, 3.63) is 52.6 Å². The van der Waals surface area contributed by atoms with Crippen molar-refractivity contribution >= 4 is 55.9 Å². The molecule has 2 amide bonds. The monoisotopic (exact) mass is 559 g/mol. The van der Waals surface area contributed by atoms with E-state index < -0.39 is 10.8 Å². The van der Waals surface area contributed by atoms with E-state index in [4.69, 9.17) is 11.6 Å². The lowest BCUT2D eigenvalue weighted by molar-refractivity contribution is -0.156. The van der Waals surface area contributed by atoms with Crippen LogP contribution in [0.5, 0.6) is 0 Å². The minimum Gasteiger partial charge on any atom is -0.345 e.